The predicted octanol–water partition coefficient (Wildman–Crippen LogP) is 3.19. The van der Waals surface area contributed by atoms with Gasteiger partial charge in [-0.3, -0.25) is 0 Å². The maximum atomic E-state index is 13.2. The normalized spacial score (nSPS) is 21.5. The lowest BCUT2D eigenvalue weighted by Gasteiger charge is -2.37. The Labute approximate surface area is 145 Å². The summed E-state index contributed by atoms with van der Waals surface area (Å²) in [7, 11) is 2.28. The van der Waals surface area contributed by atoms with Crippen molar-refractivity contribution in [3.05, 3.63) is 35.6 Å². The van der Waals surface area contributed by atoms with E-state index < -0.39 is 0 Å². The molecule has 0 aliphatic carbocycles. The molecule has 0 spiro atoms. The van der Waals surface area contributed by atoms with Gasteiger partial charge in [-0.05, 0) is 75.9 Å². The average Bonchev–Trinajstić information content (AvgIpc) is 2.62. The Balaban J connectivity index is 1.36. The summed E-state index contributed by atoms with van der Waals surface area (Å²) in [5, 5.41) is 0. The molecule has 0 amide bonds. The molecule has 24 heavy (non-hydrogen) atoms. The molecule has 1 aromatic carbocycles. The van der Waals surface area contributed by atoms with Crippen molar-refractivity contribution < 1.29 is 9.13 Å². The maximum absolute atomic E-state index is 13.2. The van der Waals surface area contributed by atoms with E-state index in [9.17, 15) is 4.39 Å². The smallest absolute Gasteiger partial charge is 0.123 e. The fraction of sp³-hybridized carbons (Fsp3) is 0.700. The molecule has 3 nitrogen and oxygen atoms in total. The summed E-state index contributed by atoms with van der Waals surface area (Å²) < 4.78 is 18.7. The van der Waals surface area contributed by atoms with Crippen LogP contribution in [0.15, 0.2) is 24.3 Å². The molecule has 0 N–H and O–H groups in total. The van der Waals surface area contributed by atoms with E-state index in [1.165, 1.54) is 51.4 Å². The van der Waals surface area contributed by atoms with Crippen molar-refractivity contribution in [2.75, 3.05) is 46.4 Å². The van der Waals surface area contributed by atoms with Crippen molar-refractivity contribution in [1.29, 1.82) is 0 Å². The number of likely N-dealkylation sites (tertiary alicyclic amines) is 1. The number of benzene rings is 1. The molecule has 4 heteroatoms. The molecule has 0 bridgehead atoms. The zero-order valence-corrected chi connectivity index (χ0v) is 14.9. The highest BCUT2D eigenvalue weighted by Gasteiger charge is 2.24. The van der Waals surface area contributed by atoms with Crippen LogP contribution >= 0.6 is 0 Å². The number of piperidine rings is 1. The van der Waals surface area contributed by atoms with Gasteiger partial charge < -0.3 is 14.5 Å². The molecule has 134 valence electrons. The van der Waals surface area contributed by atoms with E-state index in [4.69, 9.17) is 4.74 Å². The number of hydrogen-bond donors (Lipinski definition) is 0. The van der Waals surface area contributed by atoms with E-state index in [0.29, 0.717) is 6.04 Å². The summed E-state index contributed by atoms with van der Waals surface area (Å²) in [6.07, 6.45) is 5.89. The van der Waals surface area contributed by atoms with E-state index in [1.807, 2.05) is 12.1 Å². The zero-order chi connectivity index (χ0) is 16.8. The molecule has 2 saturated heterocycles. The van der Waals surface area contributed by atoms with Crippen molar-refractivity contribution in [2.24, 2.45) is 5.92 Å². The van der Waals surface area contributed by atoms with Gasteiger partial charge in [0.25, 0.3) is 0 Å². The largest absolute Gasteiger partial charge is 0.381 e. The summed E-state index contributed by atoms with van der Waals surface area (Å²) in [6.45, 7) is 6.48. The molecule has 0 saturated carbocycles. The molecule has 2 fully saturated rings. The van der Waals surface area contributed by atoms with Crippen LogP contribution in [0.2, 0.25) is 0 Å². The lowest BCUT2D eigenvalue weighted by Crippen LogP contribution is -2.43. The maximum Gasteiger partial charge on any atom is 0.123 e. The van der Waals surface area contributed by atoms with Gasteiger partial charge in [0.2, 0.25) is 0 Å². The van der Waals surface area contributed by atoms with E-state index in [2.05, 4.69) is 16.8 Å². The molecular formula is C20H31FN2O. The van der Waals surface area contributed by atoms with Crippen molar-refractivity contribution in [3.63, 3.8) is 0 Å². The summed E-state index contributed by atoms with van der Waals surface area (Å²) >= 11 is 0. The number of halogens is 1. The van der Waals surface area contributed by atoms with E-state index in [1.54, 1.807) is 6.07 Å². The van der Waals surface area contributed by atoms with Gasteiger partial charge in [0.1, 0.15) is 5.82 Å². The van der Waals surface area contributed by atoms with Gasteiger partial charge >= 0.3 is 0 Å². The van der Waals surface area contributed by atoms with Crippen LogP contribution in [0.4, 0.5) is 4.39 Å². The van der Waals surface area contributed by atoms with Crippen LogP contribution < -0.4 is 0 Å². The molecule has 0 aromatic heterocycles. The molecule has 0 radical (unpaired) electrons. The van der Waals surface area contributed by atoms with Crippen LogP contribution in [0.25, 0.3) is 0 Å². The first kappa shape index (κ1) is 17.8. The first-order valence-corrected chi connectivity index (χ1v) is 9.45. The minimum absolute atomic E-state index is 0.123. The van der Waals surface area contributed by atoms with Crippen LogP contribution in [0.1, 0.15) is 31.2 Å². The molecule has 0 unspecified atom stereocenters. The second kappa shape index (κ2) is 8.93. The highest BCUT2D eigenvalue weighted by atomic mass is 19.1. The number of ether oxygens (including phenoxy) is 1. The lowest BCUT2D eigenvalue weighted by atomic mass is 9.94. The third-order valence-electron chi connectivity index (χ3n) is 5.67. The summed E-state index contributed by atoms with van der Waals surface area (Å²) in [5.74, 6) is 0.700. The van der Waals surface area contributed by atoms with E-state index in [-0.39, 0.29) is 5.82 Å². The molecular weight excluding hydrogens is 303 g/mol. The quantitative estimate of drug-likeness (QED) is 0.795. The van der Waals surface area contributed by atoms with Crippen LogP contribution in [-0.2, 0) is 11.2 Å². The van der Waals surface area contributed by atoms with Gasteiger partial charge in [0, 0.05) is 32.3 Å². The van der Waals surface area contributed by atoms with Gasteiger partial charge in [-0.2, -0.15) is 0 Å². The summed E-state index contributed by atoms with van der Waals surface area (Å²) in [6, 6.07) is 7.73. The molecule has 3 rings (SSSR count). The van der Waals surface area contributed by atoms with Crippen molar-refractivity contribution in [3.8, 4) is 0 Å². The Morgan fingerprint density at radius 2 is 1.92 bits per heavy atom. The molecule has 2 aliphatic heterocycles. The Morgan fingerprint density at radius 3 is 2.62 bits per heavy atom. The first-order valence-electron chi connectivity index (χ1n) is 9.45. The SMILES string of the molecule is CN(CC1CCN(CCc2cccc(F)c2)CC1)C1CCOCC1. The zero-order valence-electron chi connectivity index (χ0n) is 14.9. The van der Waals surface area contributed by atoms with Crippen molar-refractivity contribution in [1.82, 2.24) is 9.80 Å². The van der Waals surface area contributed by atoms with Gasteiger partial charge in [0.15, 0.2) is 0 Å². The van der Waals surface area contributed by atoms with E-state index in [0.717, 1.165) is 37.7 Å². The molecule has 2 aliphatic rings. The van der Waals surface area contributed by atoms with Gasteiger partial charge in [-0.1, -0.05) is 12.1 Å². The highest BCUT2D eigenvalue weighted by Crippen LogP contribution is 2.21. The van der Waals surface area contributed by atoms with Crippen LogP contribution in [0.3, 0.4) is 0 Å². The Bertz CT molecular complexity index is 496. The standard InChI is InChI=1S/C20H31FN2O/c1-22(20-8-13-24-14-9-20)16-18-6-11-23(12-7-18)10-5-17-3-2-4-19(21)15-17/h2-4,15,18,20H,5-14,16H2,1H3. The third kappa shape index (κ3) is 5.27. The third-order valence-corrected chi connectivity index (χ3v) is 5.67. The van der Waals surface area contributed by atoms with Gasteiger partial charge in [0.05, 0.1) is 0 Å². The predicted molar refractivity (Wildman–Crippen MR) is 95.7 cm³/mol. The highest BCUT2D eigenvalue weighted by molar-refractivity contribution is 5.16. The second-order valence-corrected chi connectivity index (χ2v) is 7.45. The fourth-order valence-electron chi connectivity index (χ4n) is 4.05. The van der Waals surface area contributed by atoms with Crippen molar-refractivity contribution in [2.45, 2.75) is 38.1 Å². The Morgan fingerprint density at radius 1 is 1.17 bits per heavy atom. The van der Waals surface area contributed by atoms with Crippen LogP contribution in [0, 0.1) is 11.7 Å². The summed E-state index contributed by atoms with van der Waals surface area (Å²) in [5.41, 5.74) is 1.11. The minimum atomic E-state index is -0.123. The number of hydrogen-bond acceptors (Lipinski definition) is 3. The summed E-state index contributed by atoms with van der Waals surface area (Å²) in [4.78, 5) is 5.10. The number of rotatable bonds is 6. The Kier molecular flexibility index (Phi) is 6.64. The average molecular weight is 334 g/mol. The van der Waals surface area contributed by atoms with Crippen molar-refractivity contribution >= 4 is 0 Å². The topological polar surface area (TPSA) is 15.7 Å². The van der Waals surface area contributed by atoms with Crippen LogP contribution in [-0.4, -0.2) is 62.3 Å². The second-order valence-electron chi connectivity index (χ2n) is 7.45. The molecule has 1 aromatic rings. The lowest BCUT2D eigenvalue weighted by molar-refractivity contribution is 0.0337. The number of nitrogens with zero attached hydrogens (tertiary/aromatic N) is 2. The molecule has 2 heterocycles. The molecule has 0 atom stereocenters. The van der Waals surface area contributed by atoms with Gasteiger partial charge in [-0.15, -0.1) is 0 Å². The Hall–Kier alpha value is -0.970. The fourth-order valence-corrected chi connectivity index (χ4v) is 4.05. The first-order chi connectivity index (χ1) is 11.7. The van der Waals surface area contributed by atoms with Gasteiger partial charge in [-0.25, -0.2) is 4.39 Å². The monoisotopic (exact) mass is 334 g/mol. The van der Waals surface area contributed by atoms with Crippen LogP contribution in [0.5, 0.6) is 0 Å². The minimum Gasteiger partial charge on any atom is -0.381 e. The van der Waals surface area contributed by atoms with E-state index >= 15 is 0 Å².